The van der Waals surface area contributed by atoms with E-state index in [9.17, 15) is 5.26 Å². The van der Waals surface area contributed by atoms with Crippen LogP contribution in [0.15, 0.2) is 0 Å². The number of rotatable bonds is 6. The topological polar surface area (TPSA) is 39.1 Å². The summed E-state index contributed by atoms with van der Waals surface area (Å²) in [5, 5.41) is 12.9. The molecule has 1 N–H and O–H groups in total. The maximum atomic E-state index is 9.38. The van der Waals surface area contributed by atoms with E-state index < -0.39 is 0 Å². The summed E-state index contributed by atoms with van der Waals surface area (Å²) < 4.78 is 0. The number of hydrogen-bond acceptors (Lipinski definition) is 3. The van der Waals surface area contributed by atoms with Gasteiger partial charge in [0.2, 0.25) is 0 Å². The summed E-state index contributed by atoms with van der Waals surface area (Å²) in [4.78, 5) is 2.54. The first-order chi connectivity index (χ1) is 9.02. The molecule has 108 valence electrons. The Bertz CT molecular complexity index is 321. The Morgan fingerprint density at radius 3 is 2.37 bits per heavy atom. The average Bonchev–Trinajstić information content (AvgIpc) is 3.21. The van der Waals surface area contributed by atoms with E-state index >= 15 is 0 Å². The molecule has 1 saturated carbocycles. The van der Waals surface area contributed by atoms with Crippen molar-refractivity contribution in [2.45, 2.75) is 64.5 Å². The van der Waals surface area contributed by atoms with Gasteiger partial charge in [-0.05, 0) is 64.0 Å². The average molecular weight is 263 g/mol. The predicted molar refractivity (Wildman–Crippen MR) is 78.8 cm³/mol. The van der Waals surface area contributed by atoms with Crippen LogP contribution in [0.5, 0.6) is 0 Å². The van der Waals surface area contributed by atoms with Gasteiger partial charge in [-0.2, -0.15) is 5.26 Å². The van der Waals surface area contributed by atoms with Crippen LogP contribution >= 0.6 is 0 Å². The quantitative estimate of drug-likeness (QED) is 0.801. The van der Waals surface area contributed by atoms with Gasteiger partial charge in [-0.15, -0.1) is 0 Å². The highest BCUT2D eigenvalue weighted by Crippen LogP contribution is 2.26. The third-order valence-corrected chi connectivity index (χ3v) is 4.85. The third-order valence-electron chi connectivity index (χ3n) is 4.85. The summed E-state index contributed by atoms with van der Waals surface area (Å²) >= 11 is 0. The molecule has 1 aliphatic heterocycles. The van der Waals surface area contributed by atoms with Gasteiger partial charge < -0.3 is 4.90 Å². The van der Waals surface area contributed by atoms with Crippen molar-refractivity contribution in [3.63, 3.8) is 0 Å². The van der Waals surface area contributed by atoms with Gasteiger partial charge >= 0.3 is 0 Å². The normalized spacial score (nSPS) is 25.2. The Kier molecular flexibility index (Phi) is 4.86. The van der Waals surface area contributed by atoms with Crippen LogP contribution in [0, 0.1) is 23.2 Å². The van der Waals surface area contributed by atoms with E-state index in [2.05, 4.69) is 37.1 Å². The van der Waals surface area contributed by atoms with Gasteiger partial charge in [-0.3, -0.25) is 5.32 Å². The Labute approximate surface area is 118 Å². The zero-order valence-electron chi connectivity index (χ0n) is 12.8. The molecule has 0 amide bonds. The molecule has 2 fully saturated rings. The monoisotopic (exact) mass is 263 g/mol. The van der Waals surface area contributed by atoms with E-state index in [4.69, 9.17) is 0 Å². The van der Waals surface area contributed by atoms with Gasteiger partial charge in [0.15, 0.2) is 0 Å². The number of hydrogen-bond donors (Lipinski definition) is 1. The highest BCUT2D eigenvalue weighted by molar-refractivity contribution is 5.07. The Morgan fingerprint density at radius 2 is 1.89 bits per heavy atom. The number of piperidine rings is 1. The number of nitrogens with zero attached hydrogens (tertiary/aromatic N) is 2. The smallest absolute Gasteiger partial charge is 0.105 e. The van der Waals surface area contributed by atoms with Crippen molar-refractivity contribution in [1.29, 1.82) is 5.26 Å². The molecule has 0 aromatic rings. The number of nitrogens with one attached hydrogen (secondary N) is 1. The van der Waals surface area contributed by atoms with Gasteiger partial charge in [0, 0.05) is 12.6 Å². The highest BCUT2D eigenvalue weighted by atomic mass is 15.1. The maximum Gasteiger partial charge on any atom is 0.105 e. The molecule has 0 aromatic heterocycles. The van der Waals surface area contributed by atoms with Crippen molar-refractivity contribution in [3.05, 3.63) is 0 Å². The first-order valence-electron chi connectivity index (χ1n) is 7.94. The summed E-state index contributed by atoms with van der Waals surface area (Å²) in [5.41, 5.74) is -0.323. The van der Waals surface area contributed by atoms with Gasteiger partial charge in [-0.25, -0.2) is 0 Å². The molecule has 1 unspecified atom stereocenters. The van der Waals surface area contributed by atoms with E-state index in [1.165, 1.54) is 38.8 Å². The van der Waals surface area contributed by atoms with Crippen molar-refractivity contribution in [3.8, 4) is 6.07 Å². The Hall–Kier alpha value is -0.590. The number of nitriles is 1. The molecule has 1 heterocycles. The van der Waals surface area contributed by atoms with E-state index in [1.54, 1.807) is 0 Å². The molecule has 0 spiro atoms. The zero-order valence-corrected chi connectivity index (χ0v) is 12.8. The largest absolute Gasteiger partial charge is 0.303 e. The second-order valence-corrected chi connectivity index (χ2v) is 7.04. The zero-order chi connectivity index (χ0) is 13.9. The molecular formula is C16H29N3. The first-order valence-corrected chi connectivity index (χ1v) is 7.94. The molecule has 1 aliphatic carbocycles. The lowest BCUT2D eigenvalue weighted by molar-refractivity contribution is 0.148. The fourth-order valence-electron chi connectivity index (χ4n) is 3.06. The Morgan fingerprint density at radius 1 is 1.26 bits per heavy atom. The molecule has 1 saturated heterocycles. The fraction of sp³-hybridized carbons (Fsp3) is 0.938. The van der Waals surface area contributed by atoms with Crippen LogP contribution in [0.3, 0.4) is 0 Å². The Balaban J connectivity index is 1.71. The van der Waals surface area contributed by atoms with Gasteiger partial charge in [0.1, 0.15) is 5.54 Å². The summed E-state index contributed by atoms with van der Waals surface area (Å²) in [6, 6.07) is 3.09. The van der Waals surface area contributed by atoms with Crippen molar-refractivity contribution >= 4 is 0 Å². The predicted octanol–water partition coefficient (Wildman–Crippen LogP) is 2.78. The molecule has 3 heteroatoms. The van der Waals surface area contributed by atoms with Crippen LogP contribution in [0.1, 0.15) is 52.9 Å². The standard InChI is InChI=1S/C16H29N3/c1-13(2)14-6-9-19(10-7-14)11-8-16(3,12-17)18-15-4-5-15/h13-15,18H,4-11H2,1-3H3. The molecule has 3 nitrogen and oxygen atoms in total. The molecule has 2 aliphatic rings. The minimum Gasteiger partial charge on any atom is -0.303 e. The van der Waals surface area contributed by atoms with E-state index in [-0.39, 0.29) is 5.54 Å². The van der Waals surface area contributed by atoms with Gasteiger partial charge in [-0.1, -0.05) is 13.8 Å². The van der Waals surface area contributed by atoms with Crippen molar-refractivity contribution in [2.24, 2.45) is 11.8 Å². The molecule has 0 bridgehead atoms. The second kappa shape index (κ2) is 6.24. The minimum atomic E-state index is -0.323. The van der Waals surface area contributed by atoms with Crippen LogP contribution in [0.25, 0.3) is 0 Å². The van der Waals surface area contributed by atoms with Gasteiger partial charge in [0.05, 0.1) is 6.07 Å². The lowest BCUT2D eigenvalue weighted by atomic mass is 9.86. The molecule has 1 atom stereocenters. The number of likely N-dealkylation sites (tertiary alicyclic amines) is 1. The fourth-order valence-corrected chi connectivity index (χ4v) is 3.06. The molecule has 0 radical (unpaired) electrons. The van der Waals surface area contributed by atoms with E-state index in [0.29, 0.717) is 6.04 Å². The van der Waals surface area contributed by atoms with Crippen molar-refractivity contribution in [2.75, 3.05) is 19.6 Å². The van der Waals surface area contributed by atoms with Crippen LogP contribution < -0.4 is 5.32 Å². The minimum absolute atomic E-state index is 0.323. The van der Waals surface area contributed by atoms with E-state index in [1.807, 2.05) is 0 Å². The third kappa shape index (κ3) is 4.47. The van der Waals surface area contributed by atoms with Crippen LogP contribution in [0.4, 0.5) is 0 Å². The lowest BCUT2D eigenvalue weighted by Crippen LogP contribution is -2.46. The molecule has 19 heavy (non-hydrogen) atoms. The highest BCUT2D eigenvalue weighted by Gasteiger charge is 2.33. The summed E-state index contributed by atoms with van der Waals surface area (Å²) in [6.45, 7) is 10.2. The first kappa shape index (κ1) is 14.8. The van der Waals surface area contributed by atoms with Crippen molar-refractivity contribution in [1.82, 2.24) is 10.2 Å². The molecule has 2 rings (SSSR count). The van der Waals surface area contributed by atoms with E-state index in [0.717, 1.165) is 24.8 Å². The summed E-state index contributed by atoms with van der Waals surface area (Å²) in [5.74, 6) is 1.73. The lowest BCUT2D eigenvalue weighted by Gasteiger charge is -2.35. The maximum absolute atomic E-state index is 9.38. The molecule has 0 aromatic carbocycles. The second-order valence-electron chi connectivity index (χ2n) is 7.04. The molecular weight excluding hydrogens is 234 g/mol. The van der Waals surface area contributed by atoms with Crippen LogP contribution in [0.2, 0.25) is 0 Å². The van der Waals surface area contributed by atoms with Crippen LogP contribution in [-0.2, 0) is 0 Å². The van der Waals surface area contributed by atoms with Crippen molar-refractivity contribution < 1.29 is 0 Å². The summed E-state index contributed by atoms with van der Waals surface area (Å²) in [7, 11) is 0. The SMILES string of the molecule is CC(C)C1CCN(CCC(C)(C#N)NC2CC2)CC1. The van der Waals surface area contributed by atoms with Gasteiger partial charge in [0.25, 0.3) is 0 Å². The summed E-state index contributed by atoms with van der Waals surface area (Å²) in [6.07, 6.45) is 6.11. The van der Waals surface area contributed by atoms with Crippen LogP contribution in [-0.4, -0.2) is 36.1 Å².